The number of hydrogen-bond acceptors (Lipinski definition) is 2. The first kappa shape index (κ1) is 13.3. The van der Waals surface area contributed by atoms with Crippen LogP contribution in [0.2, 0.25) is 0 Å². The fraction of sp³-hybridized carbons (Fsp3) is 0.286. The summed E-state index contributed by atoms with van der Waals surface area (Å²) in [5.41, 5.74) is 0.679. The van der Waals surface area contributed by atoms with Crippen LogP contribution < -0.4 is 5.32 Å². The lowest BCUT2D eigenvalue weighted by Gasteiger charge is -2.17. The molecule has 0 aliphatic rings. The van der Waals surface area contributed by atoms with Crippen molar-refractivity contribution in [3.63, 3.8) is 0 Å². The first-order valence-corrected chi connectivity index (χ1v) is 6.64. The van der Waals surface area contributed by atoms with Gasteiger partial charge in [0.25, 0.3) is 0 Å². The molecule has 0 spiro atoms. The molecule has 1 aromatic carbocycles. The molecule has 0 bridgehead atoms. The summed E-state index contributed by atoms with van der Waals surface area (Å²) in [7, 11) is 1.84. The van der Waals surface area contributed by atoms with E-state index in [-0.39, 0.29) is 11.9 Å². The smallest absolute Gasteiger partial charge is 0.128 e. The van der Waals surface area contributed by atoms with E-state index < -0.39 is 0 Å². The van der Waals surface area contributed by atoms with Gasteiger partial charge in [0.15, 0.2) is 0 Å². The molecule has 2 rings (SSSR count). The molecule has 1 N–H and O–H groups in total. The van der Waals surface area contributed by atoms with Crippen molar-refractivity contribution >= 4 is 15.9 Å². The van der Waals surface area contributed by atoms with E-state index in [0.29, 0.717) is 5.56 Å². The summed E-state index contributed by atoms with van der Waals surface area (Å²) in [5.74, 6) is 0.739. The molecule has 1 heterocycles. The van der Waals surface area contributed by atoms with Crippen LogP contribution in [0.25, 0.3) is 0 Å². The quantitative estimate of drug-likeness (QED) is 0.900. The van der Waals surface area contributed by atoms with E-state index in [1.807, 2.05) is 25.2 Å². The van der Waals surface area contributed by atoms with E-state index in [9.17, 15) is 4.39 Å². The van der Waals surface area contributed by atoms with Gasteiger partial charge < -0.3 is 9.73 Å². The van der Waals surface area contributed by atoms with E-state index in [1.165, 1.54) is 6.07 Å². The topological polar surface area (TPSA) is 25.2 Å². The van der Waals surface area contributed by atoms with Gasteiger partial charge in [0.05, 0.1) is 6.26 Å². The van der Waals surface area contributed by atoms with Crippen LogP contribution in [0.1, 0.15) is 23.8 Å². The molecule has 2 nitrogen and oxygen atoms in total. The highest BCUT2D eigenvalue weighted by atomic mass is 79.9. The molecule has 0 saturated carbocycles. The standard InChI is InChI=1S/C14H15BrFNO/c1-17-14(7-5-11-3-2-8-18-11)12-9-10(15)4-6-13(12)16/h2-4,6,8-9,14,17H,5,7H2,1H3. The van der Waals surface area contributed by atoms with Crippen LogP contribution in [0.3, 0.4) is 0 Å². The van der Waals surface area contributed by atoms with Gasteiger partial charge in [0, 0.05) is 22.5 Å². The van der Waals surface area contributed by atoms with Crippen LogP contribution in [0.5, 0.6) is 0 Å². The molecule has 0 aliphatic heterocycles. The lowest BCUT2D eigenvalue weighted by molar-refractivity contribution is 0.459. The molecule has 1 atom stereocenters. The predicted molar refractivity (Wildman–Crippen MR) is 72.9 cm³/mol. The summed E-state index contributed by atoms with van der Waals surface area (Å²) in [6.07, 6.45) is 3.23. The number of rotatable bonds is 5. The highest BCUT2D eigenvalue weighted by molar-refractivity contribution is 9.10. The molecular formula is C14H15BrFNO. The summed E-state index contributed by atoms with van der Waals surface area (Å²) < 4.78 is 20.0. The van der Waals surface area contributed by atoms with E-state index in [0.717, 1.165) is 23.1 Å². The third-order valence-corrected chi connectivity index (χ3v) is 3.43. The summed E-state index contributed by atoms with van der Waals surface area (Å²) >= 11 is 3.37. The molecule has 0 radical (unpaired) electrons. The van der Waals surface area contributed by atoms with Gasteiger partial charge in [-0.3, -0.25) is 0 Å². The fourth-order valence-corrected chi connectivity index (χ4v) is 2.36. The largest absolute Gasteiger partial charge is 0.469 e. The molecule has 1 unspecified atom stereocenters. The maximum absolute atomic E-state index is 13.8. The lowest BCUT2D eigenvalue weighted by atomic mass is 10.0. The Hall–Kier alpha value is -1.13. The maximum Gasteiger partial charge on any atom is 0.128 e. The summed E-state index contributed by atoms with van der Waals surface area (Å²) in [4.78, 5) is 0. The summed E-state index contributed by atoms with van der Waals surface area (Å²) in [6, 6.07) is 8.79. The number of nitrogens with one attached hydrogen (secondary N) is 1. The second-order valence-electron chi connectivity index (χ2n) is 4.13. The Morgan fingerprint density at radius 2 is 2.22 bits per heavy atom. The molecule has 1 aromatic heterocycles. The van der Waals surface area contributed by atoms with E-state index in [1.54, 1.807) is 12.3 Å². The van der Waals surface area contributed by atoms with Crippen LogP contribution >= 0.6 is 15.9 Å². The molecule has 0 aliphatic carbocycles. The van der Waals surface area contributed by atoms with Crippen molar-refractivity contribution in [2.75, 3.05) is 7.05 Å². The zero-order valence-electron chi connectivity index (χ0n) is 10.1. The zero-order chi connectivity index (χ0) is 13.0. The normalized spacial score (nSPS) is 12.6. The third kappa shape index (κ3) is 3.21. The monoisotopic (exact) mass is 311 g/mol. The first-order valence-electron chi connectivity index (χ1n) is 5.85. The molecule has 0 fully saturated rings. The molecule has 0 amide bonds. The van der Waals surface area contributed by atoms with Gasteiger partial charge in [-0.1, -0.05) is 15.9 Å². The second kappa shape index (κ2) is 6.16. The second-order valence-corrected chi connectivity index (χ2v) is 5.04. The van der Waals surface area contributed by atoms with Gasteiger partial charge >= 0.3 is 0 Å². The lowest BCUT2D eigenvalue weighted by Crippen LogP contribution is -2.18. The number of hydrogen-bond donors (Lipinski definition) is 1. The van der Waals surface area contributed by atoms with Crippen LogP contribution in [0.4, 0.5) is 4.39 Å². The van der Waals surface area contributed by atoms with Gasteiger partial charge in [0.2, 0.25) is 0 Å². The number of halogens is 2. The van der Waals surface area contributed by atoms with Crippen molar-refractivity contribution in [1.82, 2.24) is 5.32 Å². The fourth-order valence-electron chi connectivity index (χ4n) is 1.98. The minimum absolute atomic E-state index is 0.0207. The van der Waals surface area contributed by atoms with Crippen molar-refractivity contribution in [2.24, 2.45) is 0 Å². The Balaban J connectivity index is 2.10. The number of aryl methyl sites for hydroxylation is 1. The Morgan fingerprint density at radius 3 is 2.89 bits per heavy atom. The molecular weight excluding hydrogens is 297 g/mol. The first-order chi connectivity index (χ1) is 8.70. The number of benzene rings is 1. The molecule has 2 aromatic rings. The Bertz CT molecular complexity index is 499. The van der Waals surface area contributed by atoms with E-state index >= 15 is 0 Å². The minimum atomic E-state index is -0.183. The Kier molecular flexibility index (Phi) is 4.55. The number of furan rings is 1. The zero-order valence-corrected chi connectivity index (χ0v) is 11.7. The Morgan fingerprint density at radius 1 is 1.39 bits per heavy atom. The SMILES string of the molecule is CNC(CCc1ccco1)c1cc(Br)ccc1F. The van der Waals surface area contributed by atoms with Gasteiger partial charge in [-0.15, -0.1) is 0 Å². The van der Waals surface area contributed by atoms with Gasteiger partial charge in [-0.25, -0.2) is 4.39 Å². The molecule has 0 saturated heterocycles. The Labute approximate surface area is 114 Å². The molecule has 4 heteroatoms. The van der Waals surface area contributed by atoms with Gasteiger partial charge in [0.1, 0.15) is 11.6 Å². The maximum atomic E-state index is 13.8. The van der Waals surface area contributed by atoms with Crippen molar-refractivity contribution in [1.29, 1.82) is 0 Å². The minimum Gasteiger partial charge on any atom is -0.469 e. The summed E-state index contributed by atoms with van der Waals surface area (Å²) in [5, 5.41) is 3.15. The third-order valence-electron chi connectivity index (χ3n) is 2.94. The van der Waals surface area contributed by atoms with Crippen molar-refractivity contribution in [3.8, 4) is 0 Å². The molecule has 96 valence electrons. The van der Waals surface area contributed by atoms with Crippen LogP contribution in [-0.2, 0) is 6.42 Å². The van der Waals surface area contributed by atoms with Gasteiger partial charge in [-0.05, 0) is 43.8 Å². The van der Waals surface area contributed by atoms with Crippen molar-refractivity contribution in [3.05, 3.63) is 58.2 Å². The van der Waals surface area contributed by atoms with Crippen LogP contribution in [-0.4, -0.2) is 7.05 Å². The predicted octanol–water partition coefficient (Wildman–Crippen LogP) is 4.07. The van der Waals surface area contributed by atoms with E-state index in [2.05, 4.69) is 21.2 Å². The van der Waals surface area contributed by atoms with Crippen LogP contribution in [0.15, 0.2) is 45.5 Å². The van der Waals surface area contributed by atoms with Crippen LogP contribution in [0, 0.1) is 5.82 Å². The van der Waals surface area contributed by atoms with Crippen molar-refractivity contribution in [2.45, 2.75) is 18.9 Å². The highest BCUT2D eigenvalue weighted by Crippen LogP contribution is 2.25. The average Bonchev–Trinajstić information content (AvgIpc) is 2.87. The average molecular weight is 312 g/mol. The van der Waals surface area contributed by atoms with Gasteiger partial charge in [-0.2, -0.15) is 0 Å². The van der Waals surface area contributed by atoms with Crippen molar-refractivity contribution < 1.29 is 8.81 Å². The molecule has 18 heavy (non-hydrogen) atoms. The summed E-state index contributed by atoms with van der Waals surface area (Å²) in [6.45, 7) is 0. The highest BCUT2D eigenvalue weighted by Gasteiger charge is 2.14. The van der Waals surface area contributed by atoms with E-state index in [4.69, 9.17) is 4.42 Å².